The number of aryl methyl sites for hydroxylation is 1. The topological polar surface area (TPSA) is 72.9 Å². The van der Waals surface area contributed by atoms with Crippen LogP contribution in [-0.4, -0.2) is 22.0 Å². The fourth-order valence-electron chi connectivity index (χ4n) is 1.30. The van der Waals surface area contributed by atoms with Crippen molar-refractivity contribution in [3.05, 3.63) is 18.2 Å². The van der Waals surface area contributed by atoms with Crippen LogP contribution >= 0.6 is 0 Å². The van der Waals surface area contributed by atoms with Crippen LogP contribution in [0.25, 0.3) is 0 Å². The number of amides is 1. The summed E-state index contributed by atoms with van der Waals surface area (Å²) in [4.78, 5) is 14.7. The van der Waals surface area contributed by atoms with Crippen LogP contribution in [0.2, 0.25) is 0 Å². The van der Waals surface area contributed by atoms with Crippen LogP contribution < -0.4 is 11.1 Å². The summed E-state index contributed by atoms with van der Waals surface area (Å²) in [6, 6.07) is 0.134. The summed E-state index contributed by atoms with van der Waals surface area (Å²) in [6.07, 6.45) is 4.00. The fraction of sp³-hybridized carbons (Fsp3) is 0.556. The number of carbonyl (C=O) groups is 1. The molecule has 0 aliphatic rings. The average molecular weight is 196 g/mol. The van der Waals surface area contributed by atoms with Gasteiger partial charge in [0.1, 0.15) is 5.82 Å². The predicted octanol–water partition coefficient (Wildman–Crippen LogP) is -0.0539. The predicted molar refractivity (Wildman–Crippen MR) is 53.4 cm³/mol. The van der Waals surface area contributed by atoms with Crippen molar-refractivity contribution in [3.8, 4) is 0 Å². The van der Waals surface area contributed by atoms with Gasteiger partial charge in [0.05, 0.1) is 6.04 Å². The van der Waals surface area contributed by atoms with Gasteiger partial charge in [-0.05, 0) is 6.92 Å². The zero-order valence-electron chi connectivity index (χ0n) is 8.53. The number of nitrogens with zero attached hydrogens (tertiary/aromatic N) is 2. The monoisotopic (exact) mass is 196 g/mol. The van der Waals surface area contributed by atoms with Crippen LogP contribution in [-0.2, 0) is 11.8 Å². The lowest BCUT2D eigenvalue weighted by atomic mass is 10.3. The Hall–Kier alpha value is -1.36. The number of hydrogen-bond donors (Lipinski definition) is 2. The molecule has 1 amide bonds. The minimum atomic E-state index is -0.287. The Morgan fingerprint density at radius 3 is 3.00 bits per heavy atom. The van der Waals surface area contributed by atoms with Gasteiger partial charge in [0.25, 0.3) is 0 Å². The number of primary amides is 1. The zero-order chi connectivity index (χ0) is 10.6. The molecule has 1 atom stereocenters. The summed E-state index contributed by atoms with van der Waals surface area (Å²) < 4.78 is 1.95. The molecule has 1 aromatic rings. The molecule has 1 heterocycles. The maximum Gasteiger partial charge on any atom is 0.218 e. The van der Waals surface area contributed by atoms with E-state index in [9.17, 15) is 4.79 Å². The van der Waals surface area contributed by atoms with E-state index in [0.29, 0.717) is 13.0 Å². The lowest BCUT2D eigenvalue weighted by molar-refractivity contribution is -0.117. The Kier molecular flexibility index (Phi) is 3.64. The number of carbonyl (C=O) groups excluding carboxylic acids is 1. The van der Waals surface area contributed by atoms with Crippen molar-refractivity contribution in [1.29, 1.82) is 0 Å². The molecule has 0 radical (unpaired) electrons. The first-order valence-electron chi connectivity index (χ1n) is 4.60. The normalized spacial score (nSPS) is 12.7. The molecule has 1 unspecified atom stereocenters. The van der Waals surface area contributed by atoms with Gasteiger partial charge in [-0.25, -0.2) is 4.98 Å². The van der Waals surface area contributed by atoms with Crippen molar-refractivity contribution in [1.82, 2.24) is 14.9 Å². The molecule has 0 saturated heterocycles. The highest BCUT2D eigenvalue weighted by Crippen LogP contribution is 2.07. The second-order valence-corrected chi connectivity index (χ2v) is 3.29. The van der Waals surface area contributed by atoms with E-state index in [2.05, 4.69) is 10.3 Å². The standard InChI is InChI=1S/C9H16N4O/c1-7(11-4-3-8(10)14)9-12-5-6-13(9)2/h5-7,11H,3-4H2,1-2H3,(H2,10,14). The van der Waals surface area contributed by atoms with Gasteiger partial charge < -0.3 is 15.6 Å². The van der Waals surface area contributed by atoms with Crippen LogP contribution in [0.5, 0.6) is 0 Å². The third kappa shape index (κ3) is 2.85. The van der Waals surface area contributed by atoms with E-state index < -0.39 is 0 Å². The molecule has 0 saturated carbocycles. The van der Waals surface area contributed by atoms with Gasteiger partial charge in [0.15, 0.2) is 0 Å². The van der Waals surface area contributed by atoms with Gasteiger partial charge in [0.2, 0.25) is 5.91 Å². The smallest absolute Gasteiger partial charge is 0.218 e. The van der Waals surface area contributed by atoms with Gasteiger partial charge in [-0.3, -0.25) is 4.79 Å². The number of nitrogens with two attached hydrogens (primary N) is 1. The molecule has 78 valence electrons. The van der Waals surface area contributed by atoms with E-state index in [1.165, 1.54) is 0 Å². The van der Waals surface area contributed by atoms with E-state index in [1.54, 1.807) is 6.20 Å². The van der Waals surface area contributed by atoms with Gasteiger partial charge in [-0.2, -0.15) is 0 Å². The fourth-order valence-corrected chi connectivity index (χ4v) is 1.30. The Morgan fingerprint density at radius 2 is 2.50 bits per heavy atom. The zero-order valence-corrected chi connectivity index (χ0v) is 8.53. The molecular weight excluding hydrogens is 180 g/mol. The van der Waals surface area contributed by atoms with Crippen molar-refractivity contribution >= 4 is 5.91 Å². The van der Waals surface area contributed by atoms with Crippen molar-refractivity contribution in [2.75, 3.05) is 6.54 Å². The number of hydrogen-bond acceptors (Lipinski definition) is 3. The minimum Gasteiger partial charge on any atom is -0.370 e. The summed E-state index contributed by atoms with van der Waals surface area (Å²) in [7, 11) is 1.94. The molecule has 14 heavy (non-hydrogen) atoms. The van der Waals surface area contributed by atoms with Gasteiger partial charge in [0, 0.05) is 32.4 Å². The third-order valence-corrected chi connectivity index (χ3v) is 2.07. The highest BCUT2D eigenvalue weighted by molar-refractivity contribution is 5.73. The molecular formula is C9H16N4O. The Balaban J connectivity index is 2.39. The van der Waals surface area contributed by atoms with E-state index in [4.69, 9.17) is 5.73 Å². The first-order chi connectivity index (χ1) is 6.61. The van der Waals surface area contributed by atoms with E-state index in [1.807, 2.05) is 24.7 Å². The van der Waals surface area contributed by atoms with Crippen molar-refractivity contribution in [2.24, 2.45) is 12.8 Å². The average Bonchev–Trinajstić information content (AvgIpc) is 2.50. The quantitative estimate of drug-likeness (QED) is 0.693. The molecule has 1 aromatic heterocycles. The van der Waals surface area contributed by atoms with Crippen LogP contribution in [0, 0.1) is 0 Å². The summed E-state index contributed by atoms with van der Waals surface area (Å²) >= 11 is 0. The van der Waals surface area contributed by atoms with E-state index >= 15 is 0 Å². The highest BCUT2D eigenvalue weighted by Gasteiger charge is 2.08. The Morgan fingerprint density at radius 1 is 1.79 bits per heavy atom. The van der Waals surface area contributed by atoms with Gasteiger partial charge >= 0.3 is 0 Å². The number of rotatable bonds is 5. The second kappa shape index (κ2) is 4.76. The van der Waals surface area contributed by atoms with Gasteiger partial charge in [-0.15, -0.1) is 0 Å². The SMILES string of the molecule is CC(NCCC(N)=O)c1nccn1C. The first kappa shape index (κ1) is 10.7. The van der Waals surface area contributed by atoms with Crippen LogP contribution in [0.3, 0.4) is 0 Å². The maximum atomic E-state index is 10.5. The molecule has 0 bridgehead atoms. The molecule has 0 aromatic carbocycles. The summed E-state index contributed by atoms with van der Waals surface area (Å²) in [5.41, 5.74) is 5.03. The highest BCUT2D eigenvalue weighted by atomic mass is 16.1. The van der Waals surface area contributed by atoms with Crippen LogP contribution in [0.4, 0.5) is 0 Å². The van der Waals surface area contributed by atoms with Gasteiger partial charge in [-0.1, -0.05) is 0 Å². The first-order valence-corrected chi connectivity index (χ1v) is 4.60. The molecule has 1 rings (SSSR count). The third-order valence-electron chi connectivity index (χ3n) is 2.07. The Bertz CT molecular complexity index is 308. The molecule has 0 fully saturated rings. The molecule has 5 nitrogen and oxygen atoms in total. The number of aromatic nitrogens is 2. The molecule has 0 aliphatic heterocycles. The molecule has 5 heteroatoms. The van der Waals surface area contributed by atoms with E-state index in [0.717, 1.165) is 5.82 Å². The lowest BCUT2D eigenvalue weighted by Crippen LogP contribution is -2.26. The van der Waals surface area contributed by atoms with Crippen LogP contribution in [0.15, 0.2) is 12.4 Å². The largest absolute Gasteiger partial charge is 0.370 e. The van der Waals surface area contributed by atoms with Crippen molar-refractivity contribution < 1.29 is 4.79 Å². The van der Waals surface area contributed by atoms with E-state index in [-0.39, 0.29) is 11.9 Å². The number of nitrogens with one attached hydrogen (secondary N) is 1. The summed E-state index contributed by atoms with van der Waals surface area (Å²) in [6.45, 7) is 2.59. The Labute approximate surface area is 83.3 Å². The molecule has 0 aliphatic carbocycles. The maximum absolute atomic E-state index is 10.5. The summed E-state index contributed by atoms with van der Waals surface area (Å²) in [5.74, 6) is 0.666. The number of imidazole rings is 1. The lowest BCUT2D eigenvalue weighted by Gasteiger charge is -2.12. The molecule has 3 N–H and O–H groups in total. The van der Waals surface area contributed by atoms with Crippen molar-refractivity contribution in [3.63, 3.8) is 0 Å². The van der Waals surface area contributed by atoms with Crippen molar-refractivity contribution in [2.45, 2.75) is 19.4 Å². The minimum absolute atomic E-state index is 0.134. The summed E-state index contributed by atoms with van der Waals surface area (Å²) in [5, 5.41) is 3.17. The van der Waals surface area contributed by atoms with Crippen LogP contribution in [0.1, 0.15) is 25.2 Å². The molecule has 0 spiro atoms. The second-order valence-electron chi connectivity index (χ2n) is 3.29.